The van der Waals surface area contributed by atoms with Crippen LogP contribution in [0, 0.1) is 0 Å². The zero-order valence-corrected chi connectivity index (χ0v) is 51.1. The first-order valence-electron chi connectivity index (χ1n) is 34.4. The van der Waals surface area contributed by atoms with Crippen LogP contribution in [-0.2, 0) is 14.3 Å². The molecule has 0 aliphatic carbocycles. The minimum atomic E-state index is -0.671. The lowest BCUT2D eigenvalue weighted by molar-refractivity contribution is -0.143. The van der Waals surface area contributed by atoms with Crippen LogP contribution < -0.4 is 5.32 Å². The van der Waals surface area contributed by atoms with Crippen LogP contribution in [-0.4, -0.2) is 47.4 Å². The quantitative estimate of drug-likeness (QED) is 0.0320. The average Bonchev–Trinajstić information content (AvgIpc) is 3.41. The minimum absolute atomic E-state index is 0.0104. The summed E-state index contributed by atoms with van der Waals surface area (Å²) in [5.41, 5.74) is 0. The summed E-state index contributed by atoms with van der Waals surface area (Å²) in [6.07, 6.45) is 79.6. The van der Waals surface area contributed by atoms with Crippen molar-refractivity contribution in [2.45, 2.75) is 405 Å². The first kappa shape index (κ1) is 73.6. The number of ether oxygens (including phenoxy) is 1. The number of carbonyl (C=O) groups is 2. The van der Waals surface area contributed by atoms with Crippen LogP contribution in [0.2, 0.25) is 0 Å². The molecule has 0 spiro atoms. The van der Waals surface area contributed by atoms with Crippen LogP contribution in [0.3, 0.4) is 0 Å². The van der Waals surface area contributed by atoms with E-state index in [4.69, 9.17) is 4.74 Å². The molecule has 0 radical (unpaired) electrons. The highest BCUT2D eigenvalue weighted by molar-refractivity contribution is 5.76. The van der Waals surface area contributed by atoms with Gasteiger partial charge in [-0.1, -0.05) is 341 Å². The zero-order chi connectivity index (χ0) is 54.3. The van der Waals surface area contributed by atoms with E-state index in [1.807, 2.05) is 0 Å². The van der Waals surface area contributed by atoms with Gasteiger partial charge in [-0.05, 0) is 51.4 Å². The van der Waals surface area contributed by atoms with E-state index in [0.717, 1.165) is 38.5 Å². The van der Waals surface area contributed by atoms with Gasteiger partial charge in [0, 0.05) is 12.8 Å². The van der Waals surface area contributed by atoms with Gasteiger partial charge in [0.05, 0.1) is 25.4 Å². The third kappa shape index (κ3) is 61.7. The Hall–Kier alpha value is -1.40. The fourth-order valence-electron chi connectivity index (χ4n) is 11.1. The minimum Gasteiger partial charge on any atom is -0.466 e. The molecule has 0 fully saturated rings. The van der Waals surface area contributed by atoms with E-state index < -0.39 is 12.1 Å². The first-order chi connectivity index (χ1) is 37.0. The second kappa shape index (κ2) is 65.1. The molecular formula is C69H135NO5. The van der Waals surface area contributed by atoms with E-state index in [2.05, 4.69) is 31.3 Å². The van der Waals surface area contributed by atoms with Gasteiger partial charge in [0.25, 0.3) is 0 Å². The zero-order valence-electron chi connectivity index (χ0n) is 51.1. The monoisotopic (exact) mass is 1060 g/mol. The van der Waals surface area contributed by atoms with Gasteiger partial charge in [-0.15, -0.1) is 0 Å². The van der Waals surface area contributed by atoms with Crippen molar-refractivity contribution < 1.29 is 24.5 Å². The smallest absolute Gasteiger partial charge is 0.305 e. The lowest BCUT2D eigenvalue weighted by Gasteiger charge is -2.22. The highest BCUT2D eigenvalue weighted by atomic mass is 16.5. The number of aliphatic hydroxyl groups is 2. The Morgan fingerprint density at radius 1 is 0.360 bits per heavy atom. The predicted molar refractivity (Wildman–Crippen MR) is 329 cm³/mol. The maximum Gasteiger partial charge on any atom is 0.305 e. The second-order valence-corrected chi connectivity index (χ2v) is 23.9. The molecule has 6 heteroatoms. The Morgan fingerprint density at radius 2 is 0.627 bits per heavy atom. The van der Waals surface area contributed by atoms with Gasteiger partial charge in [-0.3, -0.25) is 9.59 Å². The molecule has 2 atom stereocenters. The molecule has 0 aromatic heterocycles. The van der Waals surface area contributed by atoms with E-state index >= 15 is 0 Å². The van der Waals surface area contributed by atoms with Gasteiger partial charge in [0.15, 0.2) is 0 Å². The summed E-state index contributed by atoms with van der Waals surface area (Å²) in [4.78, 5) is 24.6. The van der Waals surface area contributed by atoms with Crippen molar-refractivity contribution in [3.05, 3.63) is 12.2 Å². The Balaban J connectivity index is 3.41. The van der Waals surface area contributed by atoms with Gasteiger partial charge in [0.2, 0.25) is 5.91 Å². The van der Waals surface area contributed by atoms with E-state index in [-0.39, 0.29) is 18.5 Å². The molecule has 0 aromatic rings. The summed E-state index contributed by atoms with van der Waals surface area (Å²) in [5, 5.41) is 23.4. The molecule has 6 nitrogen and oxygen atoms in total. The summed E-state index contributed by atoms with van der Waals surface area (Å²) in [5.74, 6) is -0.0283. The summed E-state index contributed by atoms with van der Waals surface area (Å²) >= 11 is 0. The van der Waals surface area contributed by atoms with E-state index in [9.17, 15) is 19.8 Å². The highest BCUT2D eigenvalue weighted by Crippen LogP contribution is 2.19. The molecule has 0 aliphatic rings. The molecule has 0 bridgehead atoms. The van der Waals surface area contributed by atoms with Gasteiger partial charge in [-0.25, -0.2) is 0 Å². The SMILES string of the molecule is CCCCCCCCCCCCCCCCCCCCCCCCCC(O)C(CO)NC(=O)CCCCCCCCC/C=C\CCCCCCCCCCCOC(=O)CCCCCCCCCCCCCCCCC. The number of hydrogen-bond donors (Lipinski definition) is 3. The molecule has 75 heavy (non-hydrogen) atoms. The largest absolute Gasteiger partial charge is 0.466 e. The van der Waals surface area contributed by atoms with Gasteiger partial charge in [-0.2, -0.15) is 0 Å². The Labute approximate surface area is 469 Å². The lowest BCUT2D eigenvalue weighted by Crippen LogP contribution is -2.45. The number of nitrogens with one attached hydrogen (secondary N) is 1. The van der Waals surface area contributed by atoms with Crippen molar-refractivity contribution in [2.24, 2.45) is 0 Å². The topological polar surface area (TPSA) is 95.9 Å². The van der Waals surface area contributed by atoms with Crippen molar-refractivity contribution in [2.75, 3.05) is 13.2 Å². The van der Waals surface area contributed by atoms with Gasteiger partial charge >= 0.3 is 5.97 Å². The molecule has 446 valence electrons. The Morgan fingerprint density at radius 3 is 0.947 bits per heavy atom. The molecule has 0 aliphatic heterocycles. The molecule has 1 amide bonds. The van der Waals surface area contributed by atoms with Crippen molar-refractivity contribution in [1.82, 2.24) is 5.32 Å². The van der Waals surface area contributed by atoms with Crippen molar-refractivity contribution in [1.29, 1.82) is 0 Å². The number of amides is 1. The third-order valence-corrected chi connectivity index (χ3v) is 16.3. The van der Waals surface area contributed by atoms with Gasteiger partial charge < -0.3 is 20.3 Å². The van der Waals surface area contributed by atoms with Crippen LogP contribution in [0.5, 0.6) is 0 Å². The van der Waals surface area contributed by atoms with Crippen molar-refractivity contribution in [3.63, 3.8) is 0 Å². The third-order valence-electron chi connectivity index (χ3n) is 16.3. The van der Waals surface area contributed by atoms with E-state index in [1.54, 1.807) is 0 Å². The maximum absolute atomic E-state index is 12.5. The summed E-state index contributed by atoms with van der Waals surface area (Å²) in [7, 11) is 0. The lowest BCUT2D eigenvalue weighted by atomic mass is 10.0. The summed E-state index contributed by atoms with van der Waals surface area (Å²) < 4.78 is 5.49. The number of carbonyl (C=O) groups excluding carboxylic acids is 2. The number of hydrogen-bond acceptors (Lipinski definition) is 5. The summed E-state index contributed by atoms with van der Waals surface area (Å²) in [6.45, 7) is 4.99. The molecule has 2 unspecified atom stereocenters. The molecular weight excluding hydrogens is 923 g/mol. The van der Waals surface area contributed by atoms with Crippen LogP contribution in [0.1, 0.15) is 393 Å². The highest BCUT2D eigenvalue weighted by Gasteiger charge is 2.20. The van der Waals surface area contributed by atoms with E-state index in [1.165, 1.54) is 321 Å². The maximum atomic E-state index is 12.5. The number of allylic oxidation sites excluding steroid dienone is 2. The molecule has 0 saturated carbocycles. The molecule has 0 aromatic carbocycles. The number of unbranched alkanes of at least 4 members (excludes halogenated alkanes) is 52. The average molecular weight is 1060 g/mol. The number of aliphatic hydroxyl groups excluding tert-OH is 2. The van der Waals surface area contributed by atoms with Crippen LogP contribution in [0.25, 0.3) is 0 Å². The Bertz CT molecular complexity index is 1130. The van der Waals surface area contributed by atoms with Crippen molar-refractivity contribution >= 4 is 11.9 Å². The van der Waals surface area contributed by atoms with Crippen molar-refractivity contribution in [3.8, 4) is 0 Å². The standard InChI is InChI=1S/C69H135NO5/c1-3-5-7-9-11-13-15-17-19-20-21-22-23-24-27-30-34-37-41-45-49-53-57-61-67(72)66(65-71)70-68(73)62-58-54-50-46-42-38-35-31-28-25-26-29-32-36-40-44-48-52-56-60-64-75-69(74)63-59-55-51-47-43-39-33-18-16-14-12-10-8-6-4-2/h25,28,66-67,71-72H,3-24,26-27,29-65H2,1-2H3,(H,70,73)/b28-25-. The summed E-state index contributed by atoms with van der Waals surface area (Å²) in [6, 6.07) is -0.548. The predicted octanol–water partition coefficient (Wildman–Crippen LogP) is 22.0. The molecule has 0 saturated heterocycles. The number of esters is 1. The fourth-order valence-corrected chi connectivity index (χ4v) is 11.1. The van der Waals surface area contributed by atoms with Gasteiger partial charge in [0.1, 0.15) is 0 Å². The number of rotatable bonds is 65. The normalized spacial score (nSPS) is 12.5. The molecule has 3 N–H and O–H groups in total. The van der Waals surface area contributed by atoms with Crippen LogP contribution >= 0.6 is 0 Å². The second-order valence-electron chi connectivity index (χ2n) is 23.9. The molecule has 0 heterocycles. The van der Waals surface area contributed by atoms with Crippen LogP contribution in [0.15, 0.2) is 12.2 Å². The fraction of sp³-hybridized carbons (Fsp3) is 0.942. The molecule has 0 rings (SSSR count). The Kier molecular flexibility index (Phi) is 63.9. The van der Waals surface area contributed by atoms with E-state index in [0.29, 0.717) is 25.9 Å². The van der Waals surface area contributed by atoms with Crippen LogP contribution in [0.4, 0.5) is 0 Å². The first-order valence-corrected chi connectivity index (χ1v) is 34.4.